The van der Waals surface area contributed by atoms with Crippen LogP contribution in [0.3, 0.4) is 0 Å². The van der Waals surface area contributed by atoms with Gasteiger partial charge < -0.3 is 10.1 Å². The third kappa shape index (κ3) is 5.11. The monoisotopic (exact) mass is 492 g/mol. The van der Waals surface area contributed by atoms with Crippen LogP contribution in [0.1, 0.15) is 22.7 Å². The molecule has 1 N–H and O–H groups in total. The average molecular weight is 492 g/mol. The third-order valence-corrected chi connectivity index (χ3v) is 5.45. The van der Waals surface area contributed by atoms with E-state index in [1.165, 1.54) is 36.3 Å². The van der Waals surface area contributed by atoms with Gasteiger partial charge in [0.1, 0.15) is 11.4 Å². The molecule has 182 valence electrons. The second-order valence-electron chi connectivity index (χ2n) is 7.72. The minimum absolute atomic E-state index is 0.0671. The van der Waals surface area contributed by atoms with Gasteiger partial charge in [0, 0.05) is 11.4 Å². The lowest BCUT2D eigenvalue weighted by Crippen LogP contribution is -2.30. The molecule has 1 aliphatic heterocycles. The summed E-state index contributed by atoms with van der Waals surface area (Å²) in [7, 11) is 1.47. The maximum Gasteiger partial charge on any atom is 0.416 e. The summed E-state index contributed by atoms with van der Waals surface area (Å²) in [5, 5.41) is 2.82. The number of rotatable bonds is 5. The van der Waals surface area contributed by atoms with Crippen molar-refractivity contribution in [3.8, 4) is 5.75 Å². The van der Waals surface area contributed by atoms with Crippen LogP contribution in [0.25, 0.3) is 0 Å². The van der Waals surface area contributed by atoms with Gasteiger partial charge in [-0.15, -0.1) is 0 Å². The Morgan fingerprint density at radius 2 is 1.40 bits per heavy atom. The van der Waals surface area contributed by atoms with E-state index in [9.17, 15) is 31.1 Å². The topological polar surface area (TPSA) is 41.6 Å². The largest absolute Gasteiger partial charge is 0.497 e. The number of benzene rings is 3. The molecule has 1 aliphatic rings. The number of nitrogens with one attached hydrogen (secondary N) is 1. The lowest BCUT2D eigenvalue weighted by molar-refractivity contribution is -0.138. The first-order chi connectivity index (χ1) is 16.5. The Morgan fingerprint density at radius 3 is 1.94 bits per heavy atom. The summed E-state index contributed by atoms with van der Waals surface area (Å²) < 4.78 is 82.9. The van der Waals surface area contributed by atoms with Crippen LogP contribution in [0.4, 0.5) is 37.7 Å². The molecule has 0 saturated heterocycles. The zero-order valence-corrected chi connectivity index (χ0v) is 18.1. The van der Waals surface area contributed by atoms with Crippen molar-refractivity contribution in [2.75, 3.05) is 17.3 Å². The van der Waals surface area contributed by atoms with Crippen molar-refractivity contribution < 1.29 is 35.9 Å². The highest BCUT2D eigenvalue weighted by molar-refractivity contribution is 6.11. The van der Waals surface area contributed by atoms with Gasteiger partial charge in [-0.2, -0.15) is 26.3 Å². The van der Waals surface area contributed by atoms with Gasteiger partial charge in [0.05, 0.1) is 24.3 Å². The minimum atomic E-state index is -4.53. The van der Waals surface area contributed by atoms with Crippen molar-refractivity contribution in [1.29, 1.82) is 0 Å². The van der Waals surface area contributed by atoms with Crippen LogP contribution in [0.5, 0.6) is 5.75 Å². The van der Waals surface area contributed by atoms with Gasteiger partial charge in [-0.25, -0.2) is 0 Å². The van der Waals surface area contributed by atoms with Crippen LogP contribution in [0.15, 0.2) is 84.6 Å². The summed E-state index contributed by atoms with van der Waals surface area (Å²) >= 11 is 0. The highest BCUT2D eigenvalue weighted by Gasteiger charge is 2.36. The Morgan fingerprint density at radius 1 is 0.829 bits per heavy atom. The molecule has 0 fully saturated rings. The van der Waals surface area contributed by atoms with E-state index in [1.54, 1.807) is 30.3 Å². The fourth-order valence-corrected chi connectivity index (χ4v) is 3.71. The van der Waals surface area contributed by atoms with Crippen LogP contribution in [-0.2, 0) is 17.1 Å². The number of carbonyl (C=O) groups excluding carboxylic acids is 1. The fraction of sp³-hybridized carbons (Fsp3) is 0.160. The molecule has 0 spiro atoms. The molecule has 10 heteroatoms. The summed E-state index contributed by atoms with van der Waals surface area (Å²) in [4.78, 5) is 14.6. The van der Waals surface area contributed by atoms with Crippen LogP contribution in [-0.4, -0.2) is 13.0 Å². The summed E-state index contributed by atoms with van der Waals surface area (Å²) in [6.45, 7) is 0. The van der Waals surface area contributed by atoms with Crippen LogP contribution >= 0.6 is 0 Å². The molecule has 0 bridgehead atoms. The van der Waals surface area contributed by atoms with Gasteiger partial charge in [0.15, 0.2) is 0 Å². The number of nitrogens with zero attached hydrogens (tertiary/aromatic N) is 1. The number of methoxy groups -OCH3 is 1. The first-order valence-corrected chi connectivity index (χ1v) is 10.3. The number of hydrogen-bond donors (Lipinski definition) is 1. The minimum Gasteiger partial charge on any atom is -0.497 e. The lowest BCUT2D eigenvalue weighted by Gasteiger charge is -2.26. The molecule has 1 heterocycles. The van der Waals surface area contributed by atoms with Crippen molar-refractivity contribution in [2.24, 2.45) is 0 Å². The second kappa shape index (κ2) is 9.01. The van der Waals surface area contributed by atoms with Gasteiger partial charge in [-0.05, 0) is 72.3 Å². The number of anilines is 2. The van der Waals surface area contributed by atoms with E-state index in [4.69, 9.17) is 4.74 Å². The first kappa shape index (κ1) is 24.2. The molecule has 4 nitrogen and oxygen atoms in total. The Balaban J connectivity index is 1.69. The Bertz CT molecular complexity index is 1250. The number of alkyl halides is 6. The maximum absolute atomic E-state index is 13.3. The molecule has 3 aromatic rings. The summed E-state index contributed by atoms with van der Waals surface area (Å²) in [5.74, 6) is -0.0441. The van der Waals surface area contributed by atoms with Gasteiger partial charge in [-0.3, -0.25) is 9.69 Å². The SMILES string of the molecule is COc1cccc(C2C=C(Nc3ccc(C(F)(F)F)cc3)C(=O)N2c2ccc(C(F)(F)F)cc2)c1. The van der Waals surface area contributed by atoms with Crippen molar-refractivity contribution >= 4 is 17.3 Å². The molecule has 1 unspecified atom stereocenters. The highest BCUT2D eigenvalue weighted by Crippen LogP contribution is 2.39. The van der Waals surface area contributed by atoms with E-state index in [1.807, 2.05) is 0 Å². The molecule has 4 rings (SSSR count). The molecule has 0 radical (unpaired) electrons. The molecular formula is C25H18F6N2O2. The van der Waals surface area contributed by atoms with Crippen LogP contribution in [0.2, 0.25) is 0 Å². The van der Waals surface area contributed by atoms with E-state index in [2.05, 4.69) is 5.32 Å². The molecule has 0 aromatic heterocycles. The molecular weight excluding hydrogens is 474 g/mol. The number of halogens is 6. The molecule has 3 aromatic carbocycles. The second-order valence-corrected chi connectivity index (χ2v) is 7.72. The Labute approximate surface area is 196 Å². The maximum atomic E-state index is 13.3. The lowest BCUT2D eigenvalue weighted by atomic mass is 10.1. The third-order valence-electron chi connectivity index (χ3n) is 5.45. The van der Waals surface area contributed by atoms with Crippen molar-refractivity contribution in [3.63, 3.8) is 0 Å². The number of ether oxygens (including phenoxy) is 1. The van der Waals surface area contributed by atoms with Crippen molar-refractivity contribution in [1.82, 2.24) is 0 Å². The molecule has 0 saturated carbocycles. The standard InChI is InChI=1S/C25H18F6N2O2/c1-35-20-4-2-3-15(13-20)22-14-21(32-18-9-5-16(6-10-18)24(26,27)28)23(34)33(22)19-11-7-17(8-12-19)25(29,30)31/h2-14,22,32H,1H3. The van der Waals surface area contributed by atoms with Crippen LogP contribution < -0.4 is 15.0 Å². The normalized spacial score (nSPS) is 16.3. The van der Waals surface area contributed by atoms with E-state index < -0.39 is 35.4 Å². The van der Waals surface area contributed by atoms with E-state index in [0.29, 0.717) is 11.3 Å². The first-order valence-electron chi connectivity index (χ1n) is 10.3. The highest BCUT2D eigenvalue weighted by atomic mass is 19.4. The van der Waals surface area contributed by atoms with Crippen molar-refractivity contribution in [3.05, 3.63) is 101 Å². The number of amides is 1. The molecule has 0 aliphatic carbocycles. The summed E-state index contributed by atoms with van der Waals surface area (Å²) in [6, 6.07) is 14.4. The molecule has 1 atom stereocenters. The van der Waals surface area contributed by atoms with Gasteiger partial charge in [0.2, 0.25) is 0 Å². The zero-order chi connectivity index (χ0) is 25.4. The van der Waals surface area contributed by atoms with Crippen molar-refractivity contribution in [2.45, 2.75) is 18.4 Å². The summed E-state index contributed by atoms with van der Waals surface area (Å²) in [6.07, 6.45) is -7.47. The van der Waals surface area contributed by atoms with E-state index in [0.717, 1.165) is 24.3 Å². The smallest absolute Gasteiger partial charge is 0.416 e. The molecule has 1 amide bonds. The average Bonchev–Trinajstić information content (AvgIpc) is 3.14. The quantitative estimate of drug-likeness (QED) is 0.398. The predicted octanol–water partition coefficient (Wildman–Crippen LogP) is 6.82. The van der Waals surface area contributed by atoms with E-state index in [-0.39, 0.29) is 17.1 Å². The van der Waals surface area contributed by atoms with Gasteiger partial charge in [0.25, 0.3) is 5.91 Å². The van der Waals surface area contributed by atoms with E-state index >= 15 is 0 Å². The number of hydrogen-bond acceptors (Lipinski definition) is 3. The van der Waals surface area contributed by atoms with Gasteiger partial charge >= 0.3 is 12.4 Å². The predicted molar refractivity (Wildman–Crippen MR) is 118 cm³/mol. The number of carbonyl (C=O) groups is 1. The Kier molecular flexibility index (Phi) is 6.23. The summed E-state index contributed by atoms with van der Waals surface area (Å²) in [5.41, 5.74) is -0.538. The van der Waals surface area contributed by atoms with Gasteiger partial charge in [-0.1, -0.05) is 12.1 Å². The molecule has 35 heavy (non-hydrogen) atoms. The fourth-order valence-electron chi connectivity index (χ4n) is 3.71. The Hall–Kier alpha value is -3.95. The van der Waals surface area contributed by atoms with Crippen LogP contribution in [0, 0.1) is 0 Å². The zero-order valence-electron chi connectivity index (χ0n) is 18.1.